The van der Waals surface area contributed by atoms with Gasteiger partial charge >= 0.3 is 0 Å². The van der Waals surface area contributed by atoms with Gasteiger partial charge in [-0.1, -0.05) is 6.42 Å². The zero-order valence-electron chi connectivity index (χ0n) is 14.1. The third kappa shape index (κ3) is 3.57. The summed E-state index contributed by atoms with van der Waals surface area (Å²) in [7, 11) is 2.01. The summed E-state index contributed by atoms with van der Waals surface area (Å²) < 4.78 is 2.06. The Morgan fingerprint density at radius 3 is 2.87 bits per heavy atom. The van der Waals surface area contributed by atoms with E-state index in [4.69, 9.17) is 0 Å². The molecule has 23 heavy (non-hydrogen) atoms. The number of amides is 2. The van der Waals surface area contributed by atoms with Gasteiger partial charge in [0.2, 0.25) is 11.8 Å². The molecule has 1 atom stereocenters. The fourth-order valence-corrected chi connectivity index (χ4v) is 3.68. The summed E-state index contributed by atoms with van der Waals surface area (Å²) in [4.78, 5) is 32.8. The van der Waals surface area contributed by atoms with E-state index in [1.807, 2.05) is 25.1 Å². The second-order valence-corrected chi connectivity index (χ2v) is 6.80. The highest BCUT2D eigenvalue weighted by Gasteiger charge is 2.31. The molecule has 1 aromatic rings. The molecule has 0 saturated carbocycles. The second-order valence-electron chi connectivity index (χ2n) is 6.80. The van der Waals surface area contributed by atoms with Gasteiger partial charge in [-0.3, -0.25) is 9.59 Å². The summed E-state index contributed by atoms with van der Waals surface area (Å²) in [6.45, 7) is 4.43. The van der Waals surface area contributed by atoms with Crippen LogP contribution in [0.4, 0.5) is 0 Å². The largest absolute Gasteiger partial charge is 0.340 e. The normalized spacial score (nSPS) is 22.5. The van der Waals surface area contributed by atoms with Gasteiger partial charge in [0.25, 0.3) is 0 Å². The van der Waals surface area contributed by atoms with Crippen molar-refractivity contribution in [3.05, 3.63) is 17.7 Å². The molecule has 0 N–H and O–H groups in total. The van der Waals surface area contributed by atoms with Gasteiger partial charge in [-0.15, -0.1) is 0 Å². The van der Waals surface area contributed by atoms with Crippen LogP contribution in [0.3, 0.4) is 0 Å². The van der Waals surface area contributed by atoms with Gasteiger partial charge in [-0.25, -0.2) is 4.98 Å². The van der Waals surface area contributed by atoms with E-state index in [0.29, 0.717) is 18.9 Å². The van der Waals surface area contributed by atoms with E-state index in [2.05, 4.69) is 9.55 Å². The molecular formula is C17H26N4O2. The molecule has 6 heteroatoms. The summed E-state index contributed by atoms with van der Waals surface area (Å²) in [6, 6.07) is 0. The molecule has 0 spiro atoms. The van der Waals surface area contributed by atoms with E-state index in [0.717, 1.165) is 50.3 Å². The maximum Gasteiger partial charge on any atom is 0.242 e. The number of imidazole rings is 1. The number of carbonyl (C=O) groups excluding carboxylic acids is 2. The Bertz CT molecular complexity index is 595. The van der Waals surface area contributed by atoms with E-state index < -0.39 is 0 Å². The minimum atomic E-state index is 0.0775. The molecule has 0 aromatic carbocycles. The molecule has 0 radical (unpaired) electrons. The van der Waals surface area contributed by atoms with Crippen molar-refractivity contribution in [2.45, 2.75) is 44.9 Å². The Kier molecular flexibility index (Phi) is 4.68. The van der Waals surface area contributed by atoms with Crippen LogP contribution in [0.15, 0.2) is 6.20 Å². The zero-order valence-corrected chi connectivity index (χ0v) is 14.1. The average Bonchev–Trinajstić information content (AvgIpc) is 3.06. The van der Waals surface area contributed by atoms with E-state index in [-0.39, 0.29) is 18.4 Å². The van der Waals surface area contributed by atoms with Crippen LogP contribution < -0.4 is 0 Å². The number of aryl methyl sites for hydroxylation is 2. The summed E-state index contributed by atoms with van der Waals surface area (Å²) in [5, 5.41) is 0. The smallest absolute Gasteiger partial charge is 0.242 e. The standard InChI is InChI=1S/C17H26N4O2/c1-13-10-19(2)17(18-13)14-7-9-21(11-14)16(23)12-20-8-5-3-4-6-15(20)22/h10,14H,3-9,11-12H2,1-2H3/t14-/m0/s1. The number of nitrogens with zero attached hydrogens (tertiary/aromatic N) is 4. The van der Waals surface area contributed by atoms with Crippen molar-refractivity contribution in [3.8, 4) is 0 Å². The van der Waals surface area contributed by atoms with E-state index in [1.54, 1.807) is 4.90 Å². The van der Waals surface area contributed by atoms with Crippen molar-refractivity contribution in [1.82, 2.24) is 19.4 Å². The van der Waals surface area contributed by atoms with Crippen molar-refractivity contribution in [1.29, 1.82) is 0 Å². The highest BCUT2D eigenvalue weighted by molar-refractivity contribution is 5.85. The average molecular weight is 318 g/mol. The van der Waals surface area contributed by atoms with E-state index in [1.165, 1.54) is 0 Å². The first-order chi connectivity index (χ1) is 11.0. The van der Waals surface area contributed by atoms with Crippen LogP contribution in [-0.4, -0.2) is 57.3 Å². The fourth-order valence-electron chi connectivity index (χ4n) is 3.68. The van der Waals surface area contributed by atoms with Crippen LogP contribution in [0.1, 0.15) is 49.5 Å². The van der Waals surface area contributed by atoms with Crippen molar-refractivity contribution in [2.75, 3.05) is 26.2 Å². The maximum atomic E-state index is 12.5. The quantitative estimate of drug-likeness (QED) is 0.847. The molecule has 2 saturated heterocycles. The molecule has 2 aliphatic heterocycles. The van der Waals surface area contributed by atoms with Crippen LogP contribution in [0, 0.1) is 6.92 Å². The number of likely N-dealkylation sites (tertiary alicyclic amines) is 2. The SMILES string of the molecule is Cc1cn(C)c([C@H]2CCN(C(=O)CN3CCCCCC3=O)C2)n1. The molecule has 1 aromatic heterocycles. The highest BCUT2D eigenvalue weighted by Crippen LogP contribution is 2.26. The molecule has 126 valence electrons. The number of carbonyl (C=O) groups is 2. The first kappa shape index (κ1) is 16.0. The Labute approximate surface area is 137 Å². The van der Waals surface area contributed by atoms with Gasteiger partial charge in [0, 0.05) is 45.2 Å². The monoisotopic (exact) mass is 318 g/mol. The van der Waals surface area contributed by atoms with Gasteiger partial charge in [-0.05, 0) is 26.2 Å². The van der Waals surface area contributed by atoms with Gasteiger partial charge < -0.3 is 14.4 Å². The molecule has 2 aliphatic rings. The molecule has 2 amide bonds. The summed E-state index contributed by atoms with van der Waals surface area (Å²) in [5.41, 5.74) is 1.02. The Hall–Kier alpha value is -1.85. The van der Waals surface area contributed by atoms with Crippen molar-refractivity contribution in [2.24, 2.45) is 7.05 Å². The molecule has 2 fully saturated rings. The molecular weight excluding hydrogens is 292 g/mol. The Balaban J connectivity index is 1.59. The highest BCUT2D eigenvalue weighted by atomic mass is 16.2. The van der Waals surface area contributed by atoms with Crippen LogP contribution in [0.5, 0.6) is 0 Å². The molecule has 6 nitrogen and oxygen atoms in total. The lowest BCUT2D eigenvalue weighted by molar-refractivity contribution is -0.139. The van der Waals surface area contributed by atoms with Crippen molar-refractivity contribution in [3.63, 3.8) is 0 Å². The minimum absolute atomic E-state index is 0.0775. The Morgan fingerprint density at radius 1 is 1.30 bits per heavy atom. The zero-order chi connectivity index (χ0) is 16.4. The number of rotatable bonds is 3. The molecule has 3 heterocycles. The number of hydrogen-bond acceptors (Lipinski definition) is 3. The summed E-state index contributed by atoms with van der Waals surface area (Å²) in [5.74, 6) is 1.57. The summed E-state index contributed by atoms with van der Waals surface area (Å²) in [6.07, 6.45) is 6.60. The Morgan fingerprint density at radius 2 is 2.13 bits per heavy atom. The van der Waals surface area contributed by atoms with Crippen LogP contribution >= 0.6 is 0 Å². The van der Waals surface area contributed by atoms with Crippen LogP contribution in [0.2, 0.25) is 0 Å². The van der Waals surface area contributed by atoms with Gasteiger partial charge in [0.1, 0.15) is 5.82 Å². The van der Waals surface area contributed by atoms with E-state index in [9.17, 15) is 9.59 Å². The fraction of sp³-hybridized carbons (Fsp3) is 0.706. The molecule has 0 unspecified atom stereocenters. The molecule has 0 aliphatic carbocycles. The van der Waals surface area contributed by atoms with Crippen LogP contribution in [0.25, 0.3) is 0 Å². The molecule has 3 rings (SSSR count). The third-order valence-electron chi connectivity index (χ3n) is 4.94. The predicted octanol–water partition coefficient (Wildman–Crippen LogP) is 1.45. The predicted molar refractivity (Wildman–Crippen MR) is 86.9 cm³/mol. The number of aromatic nitrogens is 2. The van der Waals surface area contributed by atoms with Gasteiger partial charge in [0.15, 0.2) is 0 Å². The second kappa shape index (κ2) is 6.72. The lowest BCUT2D eigenvalue weighted by atomic mass is 10.1. The van der Waals surface area contributed by atoms with Crippen molar-refractivity contribution < 1.29 is 9.59 Å². The van der Waals surface area contributed by atoms with Gasteiger partial charge in [-0.2, -0.15) is 0 Å². The van der Waals surface area contributed by atoms with Crippen LogP contribution in [-0.2, 0) is 16.6 Å². The first-order valence-electron chi connectivity index (χ1n) is 8.60. The topological polar surface area (TPSA) is 58.4 Å². The third-order valence-corrected chi connectivity index (χ3v) is 4.94. The molecule has 0 bridgehead atoms. The van der Waals surface area contributed by atoms with Gasteiger partial charge in [0.05, 0.1) is 12.2 Å². The maximum absolute atomic E-state index is 12.5. The lowest BCUT2D eigenvalue weighted by Gasteiger charge is -2.24. The first-order valence-corrected chi connectivity index (χ1v) is 8.60. The van der Waals surface area contributed by atoms with Crippen molar-refractivity contribution >= 4 is 11.8 Å². The minimum Gasteiger partial charge on any atom is -0.340 e. The summed E-state index contributed by atoms with van der Waals surface area (Å²) >= 11 is 0. The van der Waals surface area contributed by atoms with E-state index >= 15 is 0 Å². The lowest BCUT2D eigenvalue weighted by Crippen LogP contribution is -2.41. The number of hydrogen-bond donors (Lipinski definition) is 0.